The molecular weight excluding hydrogens is 335 g/mol. The minimum atomic E-state index is -0.408. The maximum absolute atomic E-state index is 13.1. The Morgan fingerprint density at radius 1 is 1.29 bits per heavy atom. The molecule has 0 saturated carbocycles. The van der Waals surface area contributed by atoms with Crippen molar-refractivity contribution in [1.82, 2.24) is 14.5 Å². The van der Waals surface area contributed by atoms with Gasteiger partial charge >= 0.3 is 0 Å². The van der Waals surface area contributed by atoms with E-state index in [0.29, 0.717) is 23.2 Å². The Balaban J connectivity index is 1.90. The zero-order chi connectivity index (χ0) is 17.1. The minimum Gasteiger partial charge on any atom is -0.336 e. The van der Waals surface area contributed by atoms with Crippen molar-refractivity contribution in [3.63, 3.8) is 0 Å². The van der Waals surface area contributed by atoms with Crippen LogP contribution in [0, 0.1) is 12.7 Å². The van der Waals surface area contributed by atoms with E-state index in [1.54, 1.807) is 29.2 Å². The van der Waals surface area contributed by atoms with E-state index in [1.165, 1.54) is 25.3 Å². The van der Waals surface area contributed by atoms with Crippen LogP contribution in [-0.2, 0) is 4.89 Å². The lowest BCUT2D eigenvalue weighted by molar-refractivity contribution is -0.178. The van der Waals surface area contributed by atoms with Crippen LogP contribution in [0.2, 0.25) is 5.02 Å². The standard InChI is InChI=1S/C16H14ClFN4O2/c1-10-8-19-16(20-14-4-3-11(18)7-13(14)17)21-15(10)22-6-5-12(9-22)24-23-2/h3-9H,1-2H3,(H,19,20,21). The van der Waals surface area contributed by atoms with Gasteiger partial charge in [-0.1, -0.05) is 11.6 Å². The Morgan fingerprint density at radius 2 is 2.12 bits per heavy atom. The van der Waals surface area contributed by atoms with Gasteiger partial charge in [0.15, 0.2) is 5.75 Å². The molecule has 0 spiro atoms. The van der Waals surface area contributed by atoms with Gasteiger partial charge in [-0.15, -0.1) is 0 Å². The van der Waals surface area contributed by atoms with E-state index >= 15 is 0 Å². The fraction of sp³-hybridized carbons (Fsp3) is 0.125. The first-order valence-electron chi connectivity index (χ1n) is 7.01. The molecule has 3 aromatic rings. The molecule has 0 radical (unpaired) electrons. The molecule has 8 heteroatoms. The molecule has 3 rings (SSSR count). The molecule has 0 aliphatic carbocycles. The maximum atomic E-state index is 13.1. The van der Waals surface area contributed by atoms with Crippen LogP contribution >= 0.6 is 11.6 Å². The molecule has 0 amide bonds. The molecule has 1 N–H and O–H groups in total. The van der Waals surface area contributed by atoms with Crippen molar-refractivity contribution in [2.45, 2.75) is 6.92 Å². The van der Waals surface area contributed by atoms with Crippen LogP contribution in [-0.4, -0.2) is 21.6 Å². The molecule has 2 aromatic heterocycles. The first kappa shape index (κ1) is 16.2. The number of hydrogen-bond donors (Lipinski definition) is 1. The molecule has 24 heavy (non-hydrogen) atoms. The van der Waals surface area contributed by atoms with E-state index in [-0.39, 0.29) is 5.02 Å². The quantitative estimate of drug-likeness (QED) is 0.556. The van der Waals surface area contributed by atoms with E-state index in [2.05, 4.69) is 20.2 Å². The molecular formula is C16H14ClFN4O2. The van der Waals surface area contributed by atoms with Gasteiger partial charge < -0.3 is 14.8 Å². The second-order valence-electron chi connectivity index (χ2n) is 4.95. The summed E-state index contributed by atoms with van der Waals surface area (Å²) in [5.41, 5.74) is 1.38. The van der Waals surface area contributed by atoms with Crippen LogP contribution in [0.3, 0.4) is 0 Å². The van der Waals surface area contributed by atoms with Crippen LogP contribution in [0.15, 0.2) is 42.9 Å². The first-order valence-corrected chi connectivity index (χ1v) is 7.39. The highest BCUT2D eigenvalue weighted by Gasteiger charge is 2.09. The third-order valence-electron chi connectivity index (χ3n) is 3.21. The van der Waals surface area contributed by atoms with Crippen molar-refractivity contribution in [3.05, 3.63) is 59.3 Å². The summed E-state index contributed by atoms with van der Waals surface area (Å²) in [6.07, 6.45) is 5.20. The Bertz CT molecular complexity index is 869. The van der Waals surface area contributed by atoms with E-state index < -0.39 is 5.82 Å². The Morgan fingerprint density at radius 3 is 2.88 bits per heavy atom. The van der Waals surface area contributed by atoms with Crippen LogP contribution < -0.4 is 10.2 Å². The van der Waals surface area contributed by atoms with Gasteiger partial charge in [0.05, 0.1) is 24.0 Å². The molecule has 1 aromatic carbocycles. The normalized spacial score (nSPS) is 10.7. The smallest absolute Gasteiger partial charge is 0.229 e. The molecule has 0 aliphatic rings. The molecule has 6 nitrogen and oxygen atoms in total. The summed E-state index contributed by atoms with van der Waals surface area (Å²) in [7, 11) is 1.43. The molecule has 124 valence electrons. The van der Waals surface area contributed by atoms with Crippen molar-refractivity contribution in [1.29, 1.82) is 0 Å². The van der Waals surface area contributed by atoms with Crippen molar-refractivity contribution in [2.24, 2.45) is 0 Å². The van der Waals surface area contributed by atoms with E-state index in [0.717, 1.165) is 5.56 Å². The number of aryl methyl sites for hydroxylation is 1. The maximum Gasteiger partial charge on any atom is 0.229 e. The zero-order valence-corrected chi connectivity index (χ0v) is 13.7. The van der Waals surface area contributed by atoms with Gasteiger partial charge in [-0.05, 0) is 25.1 Å². The number of halogens is 2. The first-order chi connectivity index (χ1) is 11.6. The van der Waals surface area contributed by atoms with E-state index in [9.17, 15) is 4.39 Å². The number of anilines is 2. The summed E-state index contributed by atoms with van der Waals surface area (Å²) in [5.74, 6) is 1.14. The number of aromatic nitrogens is 3. The largest absolute Gasteiger partial charge is 0.336 e. The third-order valence-corrected chi connectivity index (χ3v) is 3.53. The highest BCUT2D eigenvalue weighted by molar-refractivity contribution is 6.33. The van der Waals surface area contributed by atoms with Crippen LogP contribution in [0.1, 0.15) is 5.56 Å². The van der Waals surface area contributed by atoms with E-state index in [4.69, 9.17) is 16.5 Å². The average molecular weight is 349 g/mol. The monoisotopic (exact) mass is 348 g/mol. The minimum absolute atomic E-state index is 0.248. The molecule has 0 fully saturated rings. The van der Waals surface area contributed by atoms with Crippen molar-refractivity contribution in [3.8, 4) is 11.6 Å². The number of rotatable bonds is 5. The molecule has 0 saturated heterocycles. The number of benzene rings is 1. The molecule has 0 aliphatic heterocycles. The fourth-order valence-corrected chi connectivity index (χ4v) is 2.33. The fourth-order valence-electron chi connectivity index (χ4n) is 2.12. The number of nitrogens with one attached hydrogen (secondary N) is 1. The Hall–Kier alpha value is -2.64. The van der Waals surface area contributed by atoms with Crippen molar-refractivity contribution >= 4 is 23.2 Å². The van der Waals surface area contributed by atoms with Crippen molar-refractivity contribution < 1.29 is 14.2 Å². The summed E-state index contributed by atoms with van der Waals surface area (Å²) in [6.45, 7) is 1.89. The lowest BCUT2D eigenvalue weighted by Gasteiger charge is -2.10. The van der Waals surface area contributed by atoms with Gasteiger partial charge in [-0.2, -0.15) is 9.87 Å². The Labute approximate surface area is 142 Å². The topological polar surface area (TPSA) is 61.2 Å². The SMILES string of the molecule is COOc1ccn(-c2nc(Nc3ccc(F)cc3Cl)ncc2C)c1. The summed E-state index contributed by atoms with van der Waals surface area (Å²) in [6, 6.07) is 5.80. The van der Waals surface area contributed by atoms with Gasteiger partial charge in [-0.3, -0.25) is 0 Å². The highest BCUT2D eigenvalue weighted by atomic mass is 35.5. The highest BCUT2D eigenvalue weighted by Crippen LogP contribution is 2.25. The molecule has 2 heterocycles. The predicted octanol–water partition coefficient (Wildman–Crippen LogP) is 4.05. The summed E-state index contributed by atoms with van der Waals surface area (Å²) in [5, 5.41) is 3.23. The van der Waals surface area contributed by atoms with Crippen LogP contribution in [0.5, 0.6) is 5.75 Å². The van der Waals surface area contributed by atoms with Crippen molar-refractivity contribution in [2.75, 3.05) is 12.4 Å². The Kier molecular flexibility index (Phi) is 4.64. The number of hydrogen-bond acceptors (Lipinski definition) is 5. The summed E-state index contributed by atoms with van der Waals surface area (Å²) < 4.78 is 14.9. The van der Waals surface area contributed by atoms with Gasteiger partial charge in [0.1, 0.15) is 11.6 Å². The van der Waals surface area contributed by atoms with E-state index in [1.807, 2.05) is 6.92 Å². The zero-order valence-electron chi connectivity index (χ0n) is 13.0. The summed E-state index contributed by atoms with van der Waals surface area (Å²) >= 11 is 6.01. The second kappa shape index (κ2) is 6.86. The second-order valence-corrected chi connectivity index (χ2v) is 5.36. The summed E-state index contributed by atoms with van der Waals surface area (Å²) in [4.78, 5) is 18.3. The third kappa shape index (κ3) is 3.47. The van der Waals surface area contributed by atoms with Crippen LogP contribution in [0.25, 0.3) is 5.82 Å². The molecule has 0 bridgehead atoms. The van der Waals surface area contributed by atoms with Gasteiger partial charge in [0.25, 0.3) is 0 Å². The van der Waals surface area contributed by atoms with Gasteiger partial charge in [-0.25, -0.2) is 9.37 Å². The predicted molar refractivity (Wildman–Crippen MR) is 88.4 cm³/mol. The lowest BCUT2D eigenvalue weighted by atomic mass is 10.3. The molecule has 0 atom stereocenters. The number of nitrogens with zero attached hydrogens (tertiary/aromatic N) is 3. The van der Waals surface area contributed by atoms with Gasteiger partial charge in [0.2, 0.25) is 5.95 Å². The molecule has 0 unspecified atom stereocenters. The van der Waals surface area contributed by atoms with Gasteiger partial charge in [0, 0.05) is 24.0 Å². The van der Waals surface area contributed by atoms with Crippen LogP contribution in [0.4, 0.5) is 16.0 Å². The lowest BCUT2D eigenvalue weighted by Crippen LogP contribution is -2.04. The average Bonchev–Trinajstić information content (AvgIpc) is 3.00.